The van der Waals surface area contributed by atoms with Crippen molar-refractivity contribution in [2.24, 2.45) is 0 Å². The van der Waals surface area contributed by atoms with Crippen LogP contribution in [0.25, 0.3) is 0 Å². The molecule has 0 saturated heterocycles. The number of aryl methyl sites for hydroxylation is 2. The molecule has 1 aliphatic carbocycles. The molecule has 0 unspecified atom stereocenters. The van der Waals surface area contributed by atoms with Crippen molar-refractivity contribution in [3.05, 3.63) is 76.8 Å². The van der Waals surface area contributed by atoms with Gasteiger partial charge in [-0.15, -0.1) is 0 Å². The summed E-state index contributed by atoms with van der Waals surface area (Å²) in [5.41, 5.74) is 3.17. The first-order valence-corrected chi connectivity index (χ1v) is 11.6. The van der Waals surface area contributed by atoms with E-state index in [-0.39, 0.29) is 5.91 Å². The van der Waals surface area contributed by atoms with Gasteiger partial charge in [-0.05, 0) is 85.7 Å². The Balaban J connectivity index is 1.50. The number of halogens is 1. The van der Waals surface area contributed by atoms with Crippen molar-refractivity contribution in [2.75, 3.05) is 12.4 Å². The Bertz CT molecular complexity index is 1130. The summed E-state index contributed by atoms with van der Waals surface area (Å²) in [4.78, 5) is 13.1. The fourth-order valence-electron chi connectivity index (χ4n) is 3.96. The summed E-state index contributed by atoms with van der Waals surface area (Å²) >= 11 is 6.20. The van der Waals surface area contributed by atoms with Crippen molar-refractivity contribution in [1.82, 2.24) is 0 Å². The molecule has 1 aliphatic rings. The lowest BCUT2D eigenvalue weighted by Crippen LogP contribution is -2.32. The van der Waals surface area contributed by atoms with Gasteiger partial charge in [0.1, 0.15) is 17.2 Å². The number of rotatable bonds is 8. The highest BCUT2D eigenvalue weighted by Gasteiger charge is 2.21. The summed E-state index contributed by atoms with van der Waals surface area (Å²) in [6.07, 6.45) is 4.47. The van der Waals surface area contributed by atoms with E-state index in [1.807, 2.05) is 31.2 Å². The third kappa shape index (κ3) is 5.79. The zero-order valence-electron chi connectivity index (χ0n) is 18.9. The average Bonchev–Trinajstić information content (AvgIpc) is 2.84. The second-order valence-corrected chi connectivity index (χ2v) is 8.50. The molecule has 1 atom stereocenters. The Morgan fingerprint density at radius 3 is 2.55 bits per heavy atom. The lowest BCUT2D eigenvalue weighted by Gasteiger charge is -2.21. The van der Waals surface area contributed by atoms with Crippen molar-refractivity contribution in [2.45, 2.75) is 45.1 Å². The molecular formula is C27H28ClNO4. The van der Waals surface area contributed by atoms with Crippen LogP contribution in [0.15, 0.2) is 60.7 Å². The molecule has 0 aromatic heterocycles. The standard InChI is InChI=1S/C27H28ClNO4/c1-3-25(32-23-13-11-18-7-4-5-8-19(18)15-23)27(30)29-24-16-20(28)12-14-26(24)33-22-10-6-9-21(17-22)31-2/h6,9-17,25H,3-5,7-8H2,1-2H3,(H,29,30)/t25-/m0/s1. The van der Waals surface area contributed by atoms with Crippen LogP contribution >= 0.6 is 11.6 Å². The number of hydrogen-bond donors (Lipinski definition) is 1. The summed E-state index contributed by atoms with van der Waals surface area (Å²) in [7, 11) is 1.60. The van der Waals surface area contributed by atoms with Crippen LogP contribution in [0, 0.1) is 0 Å². The highest BCUT2D eigenvalue weighted by Crippen LogP contribution is 2.34. The van der Waals surface area contributed by atoms with Crippen LogP contribution in [0.1, 0.15) is 37.3 Å². The van der Waals surface area contributed by atoms with Crippen LogP contribution in [-0.4, -0.2) is 19.1 Å². The van der Waals surface area contributed by atoms with E-state index in [2.05, 4.69) is 17.4 Å². The number of amides is 1. The van der Waals surface area contributed by atoms with Crippen molar-refractivity contribution in [1.29, 1.82) is 0 Å². The predicted octanol–water partition coefficient (Wildman–Crippen LogP) is 6.82. The molecule has 0 fully saturated rings. The minimum absolute atomic E-state index is 0.257. The van der Waals surface area contributed by atoms with Crippen LogP contribution in [0.2, 0.25) is 5.02 Å². The van der Waals surface area contributed by atoms with E-state index in [1.54, 1.807) is 31.4 Å². The summed E-state index contributed by atoms with van der Waals surface area (Å²) in [6, 6.07) is 18.5. The Morgan fingerprint density at radius 2 is 1.76 bits per heavy atom. The first-order chi connectivity index (χ1) is 16.1. The number of nitrogens with one attached hydrogen (secondary N) is 1. The largest absolute Gasteiger partial charge is 0.497 e. The maximum atomic E-state index is 13.1. The Kier molecular flexibility index (Phi) is 7.40. The van der Waals surface area contributed by atoms with Crippen LogP contribution in [0.5, 0.6) is 23.0 Å². The molecular weight excluding hydrogens is 438 g/mol. The topological polar surface area (TPSA) is 56.8 Å². The van der Waals surface area contributed by atoms with Crippen LogP contribution in [-0.2, 0) is 17.6 Å². The van der Waals surface area contributed by atoms with E-state index in [0.717, 1.165) is 18.6 Å². The van der Waals surface area contributed by atoms with E-state index >= 15 is 0 Å². The first-order valence-electron chi connectivity index (χ1n) is 11.3. The number of carbonyl (C=O) groups excluding carboxylic acids is 1. The fraction of sp³-hybridized carbons (Fsp3) is 0.296. The molecule has 0 spiro atoms. The maximum absolute atomic E-state index is 13.1. The summed E-state index contributed by atoms with van der Waals surface area (Å²) < 4.78 is 17.3. The molecule has 3 aromatic rings. The van der Waals surface area contributed by atoms with Gasteiger partial charge in [0.2, 0.25) is 0 Å². The van der Waals surface area contributed by atoms with E-state index in [9.17, 15) is 4.79 Å². The predicted molar refractivity (Wildman–Crippen MR) is 131 cm³/mol. The third-order valence-corrected chi connectivity index (χ3v) is 5.97. The average molecular weight is 466 g/mol. The molecule has 1 amide bonds. The van der Waals surface area contributed by atoms with Gasteiger partial charge in [0.15, 0.2) is 11.9 Å². The SMILES string of the molecule is CC[C@H](Oc1ccc2c(c1)CCCC2)C(=O)Nc1cc(Cl)ccc1Oc1cccc(OC)c1. The monoisotopic (exact) mass is 465 g/mol. The van der Waals surface area contributed by atoms with Gasteiger partial charge in [0.05, 0.1) is 12.8 Å². The number of methoxy groups -OCH3 is 1. The number of anilines is 1. The van der Waals surface area contributed by atoms with Crippen molar-refractivity contribution in [3.63, 3.8) is 0 Å². The number of carbonyl (C=O) groups is 1. The minimum Gasteiger partial charge on any atom is -0.497 e. The second kappa shape index (κ2) is 10.6. The highest BCUT2D eigenvalue weighted by molar-refractivity contribution is 6.31. The Hall–Kier alpha value is -3.18. The van der Waals surface area contributed by atoms with Gasteiger partial charge in [0.25, 0.3) is 5.91 Å². The summed E-state index contributed by atoms with van der Waals surface area (Å²) in [6.45, 7) is 1.92. The molecule has 0 saturated carbocycles. The van der Waals surface area contributed by atoms with Gasteiger partial charge in [0, 0.05) is 11.1 Å². The highest BCUT2D eigenvalue weighted by atomic mass is 35.5. The summed E-state index contributed by atoms with van der Waals surface area (Å²) in [5, 5.41) is 3.42. The lowest BCUT2D eigenvalue weighted by molar-refractivity contribution is -0.122. The van der Waals surface area contributed by atoms with Crippen LogP contribution in [0.4, 0.5) is 5.69 Å². The molecule has 5 nitrogen and oxygen atoms in total. The molecule has 172 valence electrons. The molecule has 4 rings (SSSR count). The van der Waals surface area contributed by atoms with Crippen LogP contribution < -0.4 is 19.5 Å². The fourth-order valence-corrected chi connectivity index (χ4v) is 4.14. The smallest absolute Gasteiger partial charge is 0.265 e. The minimum atomic E-state index is -0.643. The summed E-state index contributed by atoms with van der Waals surface area (Å²) in [5.74, 6) is 2.20. The lowest BCUT2D eigenvalue weighted by atomic mass is 9.92. The number of hydrogen-bond acceptors (Lipinski definition) is 4. The van der Waals surface area contributed by atoms with Crippen molar-refractivity contribution in [3.8, 4) is 23.0 Å². The zero-order chi connectivity index (χ0) is 23.2. The molecule has 6 heteroatoms. The van der Waals surface area contributed by atoms with Gasteiger partial charge >= 0.3 is 0 Å². The third-order valence-electron chi connectivity index (χ3n) is 5.73. The van der Waals surface area contributed by atoms with Gasteiger partial charge in [-0.3, -0.25) is 4.79 Å². The number of benzene rings is 3. The van der Waals surface area contributed by atoms with Crippen LogP contribution in [0.3, 0.4) is 0 Å². The molecule has 1 N–H and O–H groups in total. The van der Waals surface area contributed by atoms with E-state index in [0.29, 0.717) is 34.4 Å². The van der Waals surface area contributed by atoms with Gasteiger partial charge in [-0.25, -0.2) is 0 Å². The molecule has 3 aromatic carbocycles. The second-order valence-electron chi connectivity index (χ2n) is 8.06. The zero-order valence-corrected chi connectivity index (χ0v) is 19.7. The van der Waals surface area contributed by atoms with Crippen molar-refractivity contribution < 1.29 is 19.0 Å². The molecule has 0 radical (unpaired) electrons. The molecule has 0 heterocycles. The van der Waals surface area contributed by atoms with E-state index in [4.69, 9.17) is 25.8 Å². The molecule has 0 aliphatic heterocycles. The Morgan fingerprint density at radius 1 is 0.970 bits per heavy atom. The van der Waals surface area contributed by atoms with Crippen molar-refractivity contribution >= 4 is 23.2 Å². The number of ether oxygens (including phenoxy) is 3. The van der Waals surface area contributed by atoms with E-state index < -0.39 is 6.10 Å². The first kappa shape index (κ1) is 23.0. The molecule has 0 bridgehead atoms. The van der Waals surface area contributed by atoms with E-state index in [1.165, 1.54) is 24.0 Å². The molecule has 33 heavy (non-hydrogen) atoms. The quantitative estimate of drug-likeness (QED) is 0.396. The van der Waals surface area contributed by atoms with Gasteiger partial charge < -0.3 is 19.5 Å². The van der Waals surface area contributed by atoms with Gasteiger partial charge in [-0.1, -0.05) is 30.7 Å². The maximum Gasteiger partial charge on any atom is 0.265 e. The normalized spacial score (nSPS) is 13.5. The Labute approximate surface area is 199 Å². The number of fused-ring (bicyclic) bond motifs is 1. The van der Waals surface area contributed by atoms with Gasteiger partial charge in [-0.2, -0.15) is 0 Å².